The number of ether oxygens (including phenoxy) is 3. The summed E-state index contributed by atoms with van der Waals surface area (Å²) in [6, 6.07) is 13.7. The Kier molecular flexibility index (Phi) is 6.85. The van der Waals surface area contributed by atoms with Crippen molar-refractivity contribution in [3.05, 3.63) is 80.5 Å². The Morgan fingerprint density at radius 1 is 0.966 bits per heavy atom. The number of rotatable bonds is 7. The first-order valence-electron chi connectivity index (χ1n) is 8.51. The number of hydrogen-bond acceptors (Lipinski definition) is 6. The average Bonchev–Trinajstić information content (AvgIpc) is 3.28. The Labute approximate surface area is 180 Å². The molecule has 1 heterocycles. The Morgan fingerprint density at radius 2 is 1.72 bits per heavy atom. The van der Waals surface area contributed by atoms with Crippen molar-refractivity contribution in [2.45, 2.75) is 0 Å². The quantitative estimate of drug-likeness (QED) is 0.192. The molecule has 0 aliphatic heterocycles. The van der Waals surface area contributed by atoms with Crippen LogP contribution in [0, 0.1) is 0 Å². The van der Waals surface area contributed by atoms with Gasteiger partial charge in [0.25, 0.3) is 0 Å². The summed E-state index contributed by atoms with van der Waals surface area (Å²) < 4.78 is 16.6. The molecule has 0 saturated carbocycles. The summed E-state index contributed by atoms with van der Waals surface area (Å²) in [5.74, 6) is 0.574. The molecule has 3 rings (SSSR count). The summed E-state index contributed by atoms with van der Waals surface area (Å²) in [5.41, 5.74) is 1.05. The van der Waals surface area contributed by atoms with Gasteiger partial charge in [0, 0.05) is 4.47 Å². The molecule has 7 heteroatoms. The van der Waals surface area contributed by atoms with E-state index in [9.17, 15) is 9.59 Å². The normalized spacial score (nSPS) is 10.7. The summed E-state index contributed by atoms with van der Waals surface area (Å²) in [6.07, 6.45) is 3.08. The number of ketones is 1. The second kappa shape index (κ2) is 9.54. The minimum Gasteiger partial charge on any atom is -0.493 e. The monoisotopic (exact) mass is 472 g/mol. The molecule has 0 unspecified atom stereocenters. The van der Waals surface area contributed by atoms with Crippen molar-refractivity contribution in [1.29, 1.82) is 0 Å². The van der Waals surface area contributed by atoms with Crippen LogP contribution in [0.1, 0.15) is 25.6 Å². The molecule has 29 heavy (non-hydrogen) atoms. The summed E-state index contributed by atoms with van der Waals surface area (Å²) >= 11 is 4.63. The van der Waals surface area contributed by atoms with Crippen LogP contribution >= 0.6 is 27.3 Å². The van der Waals surface area contributed by atoms with Crippen LogP contribution < -0.4 is 14.2 Å². The van der Waals surface area contributed by atoms with Gasteiger partial charge in [-0.2, -0.15) is 0 Å². The smallest absolute Gasteiger partial charge is 0.353 e. The lowest BCUT2D eigenvalue weighted by atomic mass is 10.1. The molecular weight excluding hydrogens is 456 g/mol. The number of methoxy groups -OCH3 is 2. The van der Waals surface area contributed by atoms with Crippen LogP contribution in [-0.2, 0) is 0 Å². The first-order valence-corrected chi connectivity index (χ1v) is 10.2. The molecule has 0 bridgehead atoms. The first kappa shape index (κ1) is 20.8. The van der Waals surface area contributed by atoms with Crippen LogP contribution in [0.2, 0.25) is 0 Å². The maximum Gasteiger partial charge on any atom is 0.353 e. The van der Waals surface area contributed by atoms with E-state index in [4.69, 9.17) is 14.2 Å². The standard InChI is InChI=1S/C22H17BrO5S/c1-26-19-9-6-14(12-20(19)27-2)5-8-17(24)16-13-15(23)7-10-18(16)28-22(25)21-4-3-11-29-21/h3-13H,1-2H3/b8-5+. The van der Waals surface area contributed by atoms with Crippen molar-refractivity contribution in [2.24, 2.45) is 0 Å². The van der Waals surface area contributed by atoms with E-state index in [1.54, 1.807) is 68.1 Å². The molecule has 0 spiro atoms. The fraction of sp³-hybridized carbons (Fsp3) is 0.0909. The molecule has 2 aromatic carbocycles. The number of esters is 1. The minimum absolute atomic E-state index is 0.202. The van der Waals surface area contributed by atoms with E-state index in [0.717, 1.165) is 5.56 Å². The summed E-state index contributed by atoms with van der Waals surface area (Å²) in [6.45, 7) is 0. The zero-order valence-corrected chi connectivity index (χ0v) is 18.1. The maximum atomic E-state index is 12.8. The number of carbonyl (C=O) groups excluding carboxylic acids is 2. The molecule has 0 radical (unpaired) electrons. The number of carbonyl (C=O) groups is 2. The van der Waals surface area contributed by atoms with Crippen molar-refractivity contribution < 1.29 is 23.8 Å². The molecule has 3 aromatic rings. The molecule has 0 aliphatic carbocycles. The highest BCUT2D eigenvalue weighted by Gasteiger charge is 2.16. The third-order valence-electron chi connectivity index (χ3n) is 3.97. The predicted molar refractivity (Wildman–Crippen MR) is 116 cm³/mol. The number of thiophene rings is 1. The summed E-state index contributed by atoms with van der Waals surface area (Å²) in [7, 11) is 3.11. The van der Waals surface area contributed by atoms with Crippen LogP contribution in [-0.4, -0.2) is 26.0 Å². The third-order valence-corrected chi connectivity index (χ3v) is 5.31. The molecule has 1 aromatic heterocycles. The van der Waals surface area contributed by atoms with Crippen LogP contribution in [0.25, 0.3) is 6.08 Å². The van der Waals surface area contributed by atoms with E-state index >= 15 is 0 Å². The number of hydrogen-bond donors (Lipinski definition) is 0. The third kappa shape index (κ3) is 5.13. The molecule has 0 saturated heterocycles. The van der Waals surface area contributed by atoms with Crippen molar-refractivity contribution in [3.63, 3.8) is 0 Å². The second-order valence-corrected chi connectivity index (χ2v) is 7.68. The molecule has 0 amide bonds. The van der Waals surface area contributed by atoms with Gasteiger partial charge >= 0.3 is 5.97 Å². The summed E-state index contributed by atoms with van der Waals surface area (Å²) in [4.78, 5) is 25.5. The number of allylic oxidation sites excluding steroid dienone is 1. The van der Waals surface area contributed by atoms with E-state index in [1.807, 2.05) is 6.07 Å². The highest BCUT2D eigenvalue weighted by Crippen LogP contribution is 2.29. The van der Waals surface area contributed by atoms with Crippen LogP contribution in [0.15, 0.2) is 64.5 Å². The molecule has 0 N–H and O–H groups in total. The van der Waals surface area contributed by atoms with Gasteiger partial charge in [0.15, 0.2) is 17.3 Å². The lowest BCUT2D eigenvalue weighted by molar-refractivity contribution is 0.0738. The van der Waals surface area contributed by atoms with Crippen LogP contribution in [0.4, 0.5) is 0 Å². The van der Waals surface area contributed by atoms with E-state index in [2.05, 4.69) is 15.9 Å². The van der Waals surface area contributed by atoms with Gasteiger partial charge in [0.05, 0.1) is 19.8 Å². The highest BCUT2D eigenvalue weighted by molar-refractivity contribution is 9.10. The van der Waals surface area contributed by atoms with Crippen LogP contribution in [0.5, 0.6) is 17.2 Å². The van der Waals surface area contributed by atoms with Gasteiger partial charge in [-0.25, -0.2) is 4.79 Å². The predicted octanol–water partition coefficient (Wildman–Crippen LogP) is 5.64. The molecule has 0 atom stereocenters. The Hall–Kier alpha value is -2.90. The van der Waals surface area contributed by atoms with Gasteiger partial charge in [-0.1, -0.05) is 34.1 Å². The number of halogens is 1. The fourth-order valence-corrected chi connectivity index (χ4v) is 3.51. The minimum atomic E-state index is -0.500. The molecule has 0 aliphatic rings. The summed E-state index contributed by atoms with van der Waals surface area (Å²) in [5, 5.41) is 1.79. The van der Waals surface area contributed by atoms with Gasteiger partial charge in [-0.3, -0.25) is 4.79 Å². The van der Waals surface area contributed by atoms with Crippen molar-refractivity contribution in [2.75, 3.05) is 14.2 Å². The second-order valence-electron chi connectivity index (χ2n) is 5.82. The zero-order valence-electron chi connectivity index (χ0n) is 15.7. The topological polar surface area (TPSA) is 61.8 Å². The lowest BCUT2D eigenvalue weighted by Gasteiger charge is -2.09. The Bertz CT molecular complexity index is 1060. The number of benzene rings is 2. The van der Waals surface area contributed by atoms with E-state index in [0.29, 0.717) is 20.8 Å². The van der Waals surface area contributed by atoms with Crippen LogP contribution in [0.3, 0.4) is 0 Å². The highest BCUT2D eigenvalue weighted by atomic mass is 79.9. The Morgan fingerprint density at radius 3 is 2.41 bits per heavy atom. The average molecular weight is 473 g/mol. The van der Waals surface area contributed by atoms with E-state index in [-0.39, 0.29) is 17.1 Å². The molecular formula is C22H17BrO5S. The first-order chi connectivity index (χ1) is 14.0. The zero-order chi connectivity index (χ0) is 20.8. The van der Waals surface area contributed by atoms with Gasteiger partial charge in [0.1, 0.15) is 10.6 Å². The fourth-order valence-electron chi connectivity index (χ4n) is 2.55. The van der Waals surface area contributed by atoms with Gasteiger partial charge in [-0.05, 0) is 53.4 Å². The van der Waals surface area contributed by atoms with Crippen molar-refractivity contribution in [1.82, 2.24) is 0 Å². The largest absolute Gasteiger partial charge is 0.493 e. The molecule has 0 fully saturated rings. The Balaban J connectivity index is 1.84. The molecule has 5 nitrogen and oxygen atoms in total. The van der Waals surface area contributed by atoms with Crippen molar-refractivity contribution in [3.8, 4) is 17.2 Å². The van der Waals surface area contributed by atoms with Crippen molar-refractivity contribution >= 4 is 45.1 Å². The van der Waals surface area contributed by atoms with Gasteiger partial charge in [0.2, 0.25) is 0 Å². The van der Waals surface area contributed by atoms with Gasteiger partial charge < -0.3 is 14.2 Å². The molecule has 148 valence electrons. The van der Waals surface area contributed by atoms with Gasteiger partial charge in [-0.15, -0.1) is 11.3 Å². The van der Waals surface area contributed by atoms with E-state index in [1.165, 1.54) is 17.4 Å². The maximum absolute atomic E-state index is 12.8. The lowest BCUT2D eigenvalue weighted by Crippen LogP contribution is -2.09. The van der Waals surface area contributed by atoms with E-state index < -0.39 is 5.97 Å². The SMILES string of the molecule is COc1ccc(/C=C/C(=O)c2cc(Br)ccc2OC(=O)c2cccs2)cc1OC.